The largest absolute Gasteiger partial charge is 0.381 e. The van der Waals surface area contributed by atoms with Crippen LogP contribution in [0.1, 0.15) is 25.7 Å². The predicted octanol–water partition coefficient (Wildman–Crippen LogP) is 0.849. The molecule has 1 N–H and O–H groups in total. The van der Waals surface area contributed by atoms with Crippen LogP contribution >= 0.6 is 0 Å². The first-order valence-electron chi connectivity index (χ1n) is 6.48. The predicted molar refractivity (Wildman–Crippen MR) is 59.9 cm³/mol. The van der Waals surface area contributed by atoms with Gasteiger partial charge in [-0.15, -0.1) is 0 Å². The van der Waals surface area contributed by atoms with Crippen molar-refractivity contribution in [2.24, 2.45) is 5.92 Å². The summed E-state index contributed by atoms with van der Waals surface area (Å²) < 4.78 is 5.44. The van der Waals surface area contributed by atoms with Crippen molar-refractivity contribution in [1.29, 1.82) is 0 Å². The lowest BCUT2D eigenvalue weighted by Gasteiger charge is -2.39. The summed E-state index contributed by atoms with van der Waals surface area (Å²) in [6.07, 6.45) is 5.41. The van der Waals surface area contributed by atoms with Crippen molar-refractivity contribution in [3.8, 4) is 0 Å². The maximum absolute atomic E-state index is 5.44. The lowest BCUT2D eigenvalue weighted by atomic mass is 9.90. The number of hydrogen-bond donors (Lipinski definition) is 1. The lowest BCUT2D eigenvalue weighted by Crippen LogP contribution is -2.55. The second-order valence-corrected chi connectivity index (χ2v) is 5.24. The van der Waals surface area contributed by atoms with Crippen molar-refractivity contribution < 1.29 is 4.74 Å². The van der Waals surface area contributed by atoms with E-state index in [2.05, 4.69) is 10.2 Å². The van der Waals surface area contributed by atoms with Gasteiger partial charge < -0.3 is 10.1 Å². The van der Waals surface area contributed by atoms with Gasteiger partial charge in [0.2, 0.25) is 0 Å². The highest BCUT2D eigenvalue weighted by Gasteiger charge is 2.35. The molecule has 86 valence electrons. The molecular formula is C12H22N2O. The molecule has 0 amide bonds. The first-order chi connectivity index (χ1) is 7.43. The molecule has 1 atom stereocenters. The van der Waals surface area contributed by atoms with Crippen LogP contribution in [0.5, 0.6) is 0 Å². The van der Waals surface area contributed by atoms with Crippen LogP contribution in [0.15, 0.2) is 0 Å². The van der Waals surface area contributed by atoms with Gasteiger partial charge in [0.1, 0.15) is 0 Å². The first kappa shape index (κ1) is 10.1. The molecule has 3 rings (SSSR count). The quantitative estimate of drug-likeness (QED) is 0.731. The Balaban J connectivity index is 1.55. The Morgan fingerprint density at radius 1 is 1.07 bits per heavy atom. The summed E-state index contributed by atoms with van der Waals surface area (Å²) in [5.74, 6) is 0.861. The molecule has 1 aliphatic carbocycles. The molecule has 3 nitrogen and oxygen atoms in total. The molecule has 0 unspecified atom stereocenters. The zero-order valence-electron chi connectivity index (χ0n) is 9.45. The third-order valence-electron chi connectivity index (χ3n) is 4.14. The van der Waals surface area contributed by atoms with Crippen molar-refractivity contribution >= 4 is 0 Å². The average Bonchev–Trinajstić information content (AvgIpc) is 3.14. The van der Waals surface area contributed by atoms with Crippen LogP contribution in [0.2, 0.25) is 0 Å². The number of hydrogen-bond acceptors (Lipinski definition) is 3. The van der Waals surface area contributed by atoms with E-state index < -0.39 is 0 Å². The van der Waals surface area contributed by atoms with Gasteiger partial charge in [0, 0.05) is 44.9 Å². The lowest BCUT2D eigenvalue weighted by molar-refractivity contribution is 0.0398. The van der Waals surface area contributed by atoms with E-state index in [1.807, 2.05) is 0 Å². The van der Waals surface area contributed by atoms with E-state index in [1.165, 1.54) is 45.3 Å². The molecule has 0 aromatic rings. The summed E-state index contributed by atoms with van der Waals surface area (Å²) in [6.45, 7) is 5.71. The van der Waals surface area contributed by atoms with Gasteiger partial charge in [0.25, 0.3) is 0 Å². The number of piperazine rings is 1. The molecule has 2 saturated heterocycles. The Bertz CT molecular complexity index is 212. The van der Waals surface area contributed by atoms with Gasteiger partial charge in [-0.3, -0.25) is 4.90 Å². The molecule has 0 spiro atoms. The molecular weight excluding hydrogens is 188 g/mol. The Hall–Kier alpha value is -0.120. The summed E-state index contributed by atoms with van der Waals surface area (Å²) in [4.78, 5) is 2.70. The number of rotatable bonds is 2. The maximum Gasteiger partial charge on any atom is 0.0469 e. The molecule has 0 aromatic carbocycles. The highest BCUT2D eigenvalue weighted by molar-refractivity contribution is 4.92. The minimum absolute atomic E-state index is 0.739. The molecule has 2 aliphatic heterocycles. The number of nitrogens with zero attached hydrogens (tertiary/aromatic N) is 1. The van der Waals surface area contributed by atoms with E-state index in [0.29, 0.717) is 0 Å². The van der Waals surface area contributed by atoms with Crippen molar-refractivity contribution in [1.82, 2.24) is 10.2 Å². The highest BCUT2D eigenvalue weighted by atomic mass is 16.5. The molecule has 15 heavy (non-hydrogen) atoms. The van der Waals surface area contributed by atoms with Crippen molar-refractivity contribution in [3.05, 3.63) is 0 Å². The van der Waals surface area contributed by atoms with E-state index in [9.17, 15) is 0 Å². The average molecular weight is 210 g/mol. The van der Waals surface area contributed by atoms with Crippen LogP contribution in [0.25, 0.3) is 0 Å². The molecule has 3 aliphatic rings. The molecule has 2 heterocycles. The third kappa shape index (κ3) is 2.35. The smallest absolute Gasteiger partial charge is 0.0469 e. The van der Waals surface area contributed by atoms with Crippen LogP contribution in [-0.4, -0.2) is 49.8 Å². The van der Waals surface area contributed by atoms with Gasteiger partial charge in [0.05, 0.1) is 0 Å². The molecule has 0 radical (unpaired) electrons. The van der Waals surface area contributed by atoms with Crippen molar-refractivity contribution in [3.63, 3.8) is 0 Å². The SMILES string of the molecule is C1CN(C2CC2)C[C@H](C2CCOCC2)N1. The zero-order chi connectivity index (χ0) is 10.1. The van der Waals surface area contributed by atoms with Crippen LogP contribution < -0.4 is 5.32 Å². The second kappa shape index (κ2) is 4.40. The third-order valence-corrected chi connectivity index (χ3v) is 4.14. The topological polar surface area (TPSA) is 24.5 Å². The highest BCUT2D eigenvalue weighted by Crippen LogP contribution is 2.29. The Morgan fingerprint density at radius 2 is 1.87 bits per heavy atom. The van der Waals surface area contributed by atoms with Crippen molar-refractivity contribution in [2.45, 2.75) is 37.8 Å². The summed E-state index contributed by atoms with van der Waals surface area (Å²) in [5, 5.41) is 3.70. The van der Waals surface area contributed by atoms with E-state index in [0.717, 1.165) is 31.2 Å². The van der Waals surface area contributed by atoms with Crippen LogP contribution in [0, 0.1) is 5.92 Å². The molecule has 0 bridgehead atoms. The van der Waals surface area contributed by atoms with Crippen LogP contribution in [0.3, 0.4) is 0 Å². The standard InChI is InChI=1S/C12H22N2O/c1-2-11(1)14-6-5-13-12(9-14)10-3-7-15-8-4-10/h10-13H,1-9H2/t12-/m1/s1. The minimum Gasteiger partial charge on any atom is -0.381 e. The van der Waals surface area contributed by atoms with Crippen LogP contribution in [-0.2, 0) is 4.74 Å². The maximum atomic E-state index is 5.44. The van der Waals surface area contributed by atoms with Gasteiger partial charge in [-0.1, -0.05) is 0 Å². The normalized spacial score (nSPS) is 35.6. The number of nitrogens with one attached hydrogen (secondary N) is 1. The fourth-order valence-corrected chi connectivity index (χ4v) is 3.01. The van der Waals surface area contributed by atoms with Crippen molar-refractivity contribution in [2.75, 3.05) is 32.8 Å². The zero-order valence-corrected chi connectivity index (χ0v) is 9.45. The van der Waals surface area contributed by atoms with Gasteiger partial charge in [-0.05, 0) is 31.6 Å². The monoisotopic (exact) mass is 210 g/mol. The van der Waals surface area contributed by atoms with Gasteiger partial charge in [-0.25, -0.2) is 0 Å². The fraction of sp³-hybridized carbons (Fsp3) is 1.00. The summed E-state index contributed by atoms with van der Waals surface area (Å²) in [6, 6.07) is 1.68. The van der Waals surface area contributed by atoms with Gasteiger partial charge in [0.15, 0.2) is 0 Å². The molecule has 3 heteroatoms. The Labute approximate surface area is 92.2 Å². The number of ether oxygens (including phenoxy) is 1. The van der Waals surface area contributed by atoms with E-state index in [-0.39, 0.29) is 0 Å². The van der Waals surface area contributed by atoms with Crippen LogP contribution in [0.4, 0.5) is 0 Å². The van der Waals surface area contributed by atoms with E-state index in [1.54, 1.807) is 0 Å². The summed E-state index contributed by atoms with van der Waals surface area (Å²) in [5.41, 5.74) is 0. The summed E-state index contributed by atoms with van der Waals surface area (Å²) >= 11 is 0. The second-order valence-electron chi connectivity index (χ2n) is 5.24. The summed E-state index contributed by atoms with van der Waals surface area (Å²) in [7, 11) is 0. The first-order valence-corrected chi connectivity index (χ1v) is 6.48. The fourth-order valence-electron chi connectivity index (χ4n) is 3.01. The van der Waals surface area contributed by atoms with E-state index in [4.69, 9.17) is 4.74 Å². The Kier molecular flexibility index (Phi) is 2.95. The van der Waals surface area contributed by atoms with E-state index >= 15 is 0 Å². The Morgan fingerprint density at radius 3 is 2.60 bits per heavy atom. The minimum atomic E-state index is 0.739. The molecule has 3 fully saturated rings. The molecule has 1 saturated carbocycles. The molecule has 0 aromatic heterocycles. The van der Waals surface area contributed by atoms with Gasteiger partial charge in [-0.2, -0.15) is 0 Å². The van der Waals surface area contributed by atoms with Gasteiger partial charge >= 0.3 is 0 Å².